The van der Waals surface area contributed by atoms with E-state index in [0.29, 0.717) is 12.5 Å². The molecule has 130 valence electrons. The smallest absolute Gasteiger partial charge is 0.208 e. The van der Waals surface area contributed by atoms with Gasteiger partial charge in [0.2, 0.25) is 5.13 Å². The second-order valence-electron chi connectivity index (χ2n) is 6.56. The third-order valence-corrected chi connectivity index (χ3v) is 6.55. The molecule has 0 saturated carbocycles. The van der Waals surface area contributed by atoms with Crippen molar-refractivity contribution in [3.63, 3.8) is 0 Å². The number of nitrogens with zero attached hydrogens (tertiary/aromatic N) is 4. The number of aryl methyl sites for hydroxylation is 2. The highest BCUT2D eigenvalue weighted by atomic mass is 32.1. The Morgan fingerprint density at radius 1 is 1.33 bits per heavy atom. The monoisotopic (exact) mass is 366 g/mol. The zero-order chi connectivity index (χ0) is 16.6. The third kappa shape index (κ3) is 3.20. The molecule has 2 aliphatic rings. The highest BCUT2D eigenvalue weighted by molar-refractivity contribution is 7.15. The van der Waals surface area contributed by atoms with E-state index in [9.17, 15) is 0 Å². The average molecular weight is 367 g/mol. The van der Waals surface area contributed by atoms with Crippen LogP contribution in [0.5, 0.6) is 0 Å². The standard InChI is InChI=1S/C16H22N4O2S2/c1-11-17-14(8-23-11)7-21-5-3-13-4-6-22-16(13)9-20(10-16)15-19-18-12(2)24-15/h8,13H,3-7,9-10H2,1-2H3/t13-/m1/s1. The lowest BCUT2D eigenvalue weighted by Crippen LogP contribution is -2.65. The number of anilines is 1. The number of thiazole rings is 1. The Morgan fingerprint density at radius 3 is 2.92 bits per heavy atom. The van der Waals surface area contributed by atoms with Gasteiger partial charge >= 0.3 is 0 Å². The predicted molar refractivity (Wildman–Crippen MR) is 94.8 cm³/mol. The first-order valence-electron chi connectivity index (χ1n) is 8.32. The van der Waals surface area contributed by atoms with Gasteiger partial charge in [-0.1, -0.05) is 11.3 Å². The van der Waals surface area contributed by atoms with Gasteiger partial charge in [-0.2, -0.15) is 0 Å². The molecule has 0 aromatic carbocycles. The summed E-state index contributed by atoms with van der Waals surface area (Å²) in [5.74, 6) is 0.569. The van der Waals surface area contributed by atoms with Crippen molar-refractivity contribution in [1.82, 2.24) is 15.2 Å². The number of ether oxygens (including phenoxy) is 2. The molecule has 4 rings (SSSR count). The summed E-state index contributed by atoms with van der Waals surface area (Å²) in [4.78, 5) is 6.71. The van der Waals surface area contributed by atoms with Crippen molar-refractivity contribution in [3.05, 3.63) is 21.1 Å². The fraction of sp³-hybridized carbons (Fsp3) is 0.688. The SMILES string of the molecule is Cc1nc(COCC[C@@H]2CCOC23CN(c2nnc(C)s2)C3)cs1. The molecule has 0 unspecified atom stereocenters. The lowest BCUT2D eigenvalue weighted by molar-refractivity contribution is -0.0509. The number of hydrogen-bond donors (Lipinski definition) is 0. The van der Waals surface area contributed by atoms with Crippen LogP contribution in [-0.2, 0) is 16.1 Å². The number of aromatic nitrogens is 3. The highest BCUT2D eigenvalue weighted by Crippen LogP contribution is 2.43. The molecule has 2 aromatic heterocycles. The van der Waals surface area contributed by atoms with E-state index in [1.54, 1.807) is 22.7 Å². The summed E-state index contributed by atoms with van der Waals surface area (Å²) < 4.78 is 11.9. The summed E-state index contributed by atoms with van der Waals surface area (Å²) in [7, 11) is 0. The lowest BCUT2D eigenvalue weighted by Gasteiger charge is -2.50. The number of rotatable bonds is 6. The molecule has 2 saturated heterocycles. The van der Waals surface area contributed by atoms with Crippen molar-refractivity contribution in [3.8, 4) is 0 Å². The van der Waals surface area contributed by atoms with E-state index in [0.717, 1.165) is 60.0 Å². The first-order valence-corrected chi connectivity index (χ1v) is 10.0. The molecule has 2 aliphatic heterocycles. The minimum absolute atomic E-state index is 0.000153. The van der Waals surface area contributed by atoms with Crippen LogP contribution in [0.15, 0.2) is 5.38 Å². The van der Waals surface area contributed by atoms with Crippen LogP contribution in [0.3, 0.4) is 0 Å². The van der Waals surface area contributed by atoms with Gasteiger partial charge < -0.3 is 14.4 Å². The van der Waals surface area contributed by atoms with Crippen molar-refractivity contribution >= 4 is 27.8 Å². The average Bonchev–Trinajstić information content (AvgIpc) is 3.22. The molecule has 0 bridgehead atoms. The molecule has 1 atom stereocenters. The summed E-state index contributed by atoms with van der Waals surface area (Å²) in [5, 5.41) is 13.5. The summed E-state index contributed by atoms with van der Waals surface area (Å²) in [5.41, 5.74) is 1.04. The van der Waals surface area contributed by atoms with E-state index in [-0.39, 0.29) is 5.60 Å². The Kier molecular flexibility index (Phi) is 4.55. The molecule has 8 heteroatoms. The van der Waals surface area contributed by atoms with Gasteiger partial charge in [-0.25, -0.2) is 4.98 Å². The van der Waals surface area contributed by atoms with Crippen molar-refractivity contribution < 1.29 is 9.47 Å². The van der Waals surface area contributed by atoms with Gasteiger partial charge in [0.1, 0.15) is 10.6 Å². The zero-order valence-electron chi connectivity index (χ0n) is 14.0. The van der Waals surface area contributed by atoms with Crippen molar-refractivity contribution in [1.29, 1.82) is 0 Å². The maximum absolute atomic E-state index is 6.11. The normalized spacial score (nSPS) is 22.2. The molecular weight excluding hydrogens is 344 g/mol. The maximum Gasteiger partial charge on any atom is 0.208 e. The van der Waals surface area contributed by atoms with Crippen molar-refractivity contribution in [2.75, 3.05) is 31.2 Å². The molecule has 1 spiro atoms. The van der Waals surface area contributed by atoms with Gasteiger partial charge in [0.15, 0.2) is 0 Å². The van der Waals surface area contributed by atoms with E-state index in [1.807, 2.05) is 13.8 Å². The third-order valence-electron chi connectivity index (χ3n) is 4.83. The Morgan fingerprint density at radius 2 is 2.21 bits per heavy atom. The summed E-state index contributed by atoms with van der Waals surface area (Å²) in [6.07, 6.45) is 2.17. The second-order valence-corrected chi connectivity index (χ2v) is 8.78. The minimum atomic E-state index is 0.000153. The lowest BCUT2D eigenvalue weighted by atomic mass is 9.79. The van der Waals surface area contributed by atoms with Crippen molar-refractivity contribution in [2.45, 2.75) is 38.9 Å². The summed E-state index contributed by atoms with van der Waals surface area (Å²) in [6.45, 7) is 8.11. The summed E-state index contributed by atoms with van der Waals surface area (Å²) >= 11 is 3.33. The quantitative estimate of drug-likeness (QED) is 0.733. The largest absolute Gasteiger partial charge is 0.375 e. The van der Waals surface area contributed by atoms with Crippen LogP contribution in [0.1, 0.15) is 28.6 Å². The molecule has 2 aromatic rings. The molecular formula is C16H22N4O2S2. The molecule has 24 heavy (non-hydrogen) atoms. The Hall–Kier alpha value is -1.09. The molecule has 4 heterocycles. The second kappa shape index (κ2) is 6.67. The van der Waals surface area contributed by atoms with Gasteiger partial charge in [-0.05, 0) is 32.6 Å². The Bertz CT molecular complexity index is 696. The van der Waals surface area contributed by atoms with Crippen molar-refractivity contribution in [2.24, 2.45) is 5.92 Å². The topological polar surface area (TPSA) is 60.4 Å². The molecule has 0 aliphatic carbocycles. The molecule has 0 amide bonds. The number of hydrogen-bond acceptors (Lipinski definition) is 8. The van der Waals surface area contributed by atoms with Gasteiger partial charge in [-0.15, -0.1) is 21.5 Å². The first kappa shape index (κ1) is 16.4. The van der Waals surface area contributed by atoms with E-state index >= 15 is 0 Å². The van der Waals surface area contributed by atoms with Gasteiger partial charge in [0, 0.05) is 18.6 Å². The first-order chi connectivity index (χ1) is 11.6. The zero-order valence-corrected chi connectivity index (χ0v) is 15.7. The van der Waals surface area contributed by atoms with E-state index < -0.39 is 0 Å². The van der Waals surface area contributed by atoms with Crippen LogP contribution >= 0.6 is 22.7 Å². The molecule has 0 radical (unpaired) electrons. The molecule has 2 fully saturated rings. The fourth-order valence-electron chi connectivity index (χ4n) is 3.57. The van der Waals surface area contributed by atoms with Gasteiger partial charge in [0.05, 0.1) is 30.4 Å². The molecule has 6 nitrogen and oxygen atoms in total. The van der Waals surface area contributed by atoms with Gasteiger partial charge in [-0.3, -0.25) is 0 Å². The predicted octanol–water partition coefficient (Wildman–Crippen LogP) is 2.81. The van der Waals surface area contributed by atoms with Crippen LogP contribution in [0.4, 0.5) is 5.13 Å². The van der Waals surface area contributed by atoms with Crippen LogP contribution in [0.25, 0.3) is 0 Å². The fourth-order valence-corrected chi connectivity index (χ4v) is 4.85. The van der Waals surface area contributed by atoms with Gasteiger partial charge in [0.25, 0.3) is 0 Å². The summed E-state index contributed by atoms with van der Waals surface area (Å²) in [6, 6.07) is 0. The van der Waals surface area contributed by atoms with E-state index in [4.69, 9.17) is 9.47 Å². The van der Waals surface area contributed by atoms with E-state index in [2.05, 4.69) is 25.5 Å². The maximum atomic E-state index is 6.11. The van der Waals surface area contributed by atoms with E-state index in [1.165, 1.54) is 0 Å². The molecule has 0 N–H and O–H groups in total. The van der Waals surface area contributed by atoms with Crippen LogP contribution < -0.4 is 4.90 Å². The Labute approximate surface area is 149 Å². The van der Waals surface area contributed by atoms with Crippen LogP contribution in [0, 0.1) is 19.8 Å². The van der Waals surface area contributed by atoms with Crippen LogP contribution in [-0.4, -0.2) is 47.1 Å². The highest BCUT2D eigenvalue weighted by Gasteiger charge is 2.53. The minimum Gasteiger partial charge on any atom is -0.375 e. The Balaban J connectivity index is 1.25. The van der Waals surface area contributed by atoms with Crippen LogP contribution in [0.2, 0.25) is 0 Å².